The molecule has 0 aromatic heterocycles. The van der Waals surface area contributed by atoms with Crippen LogP contribution in [-0.2, 0) is 0 Å². The highest BCUT2D eigenvalue weighted by molar-refractivity contribution is 5.97. The Balaban J connectivity index is 2.14. The van der Waals surface area contributed by atoms with E-state index in [9.17, 15) is 23.1 Å². The van der Waals surface area contributed by atoms with Crippen molar-refractivity contribution in [3.8, 4) is 6.07 Å². The molecule has 1 aromatic carbocycles. The number of fused-ring (bicyclic) bond motifs is 1. The molecular formula is C16H16F3N3O2. The summed E-state index contributed by atoms with van der Waals surface area (Å²) in [6.07, 6.45) is -5.73. The van der Waals surface area contributed by atoms with Gasteiger partial charge in [0, 0.05) is 12.2 Å². The smallest absolute Gasteiger partial charge is 0.391 e. The number of urea groups is 1. The van der Waals surface area contributed by atoms with Gasteiger partial charge in [-0.25, -0.2) is 4.79 Å². The monoisotopic (exact) mass is 339 g/mol. The molecule has 0 saturated carbocycles. The number of hydrogen-bond donors (Lipinski definition) is 1. The van der Waals surface area contributed by atoms with E-state index >= 15 is 0 Å². The number of alkyl halides is 3. The average Bonchev–Trinajstić information content (AvgIpc) is 3.01. The highest BCUT2D eigenvalue weighted by atomic mass is 19.4. The Hall–Kier alpha value is -2.27. The fourth-order valence-corrected chi connectivity index (χ4v) is 3.59. The Morgan fingerprint density at radius 1 is 1.29 bits per heavy atom. The Morgan fingerprint density at radius 3 is 2.54 bits per heavy atom. The number of aliphatic hydroxyl groups excluding tert-OH is 1. The highest BCUT2D eigenvalue weighted by Crippen LogP contribution is 2.43. The van der Waals surface area contributed by atoms with E-state index in [4.69, 9.17) is 5.26 Å². The second-order valence-corrected chi connectivity index (χ2v) is 6.17. The minimum atomic E-state index is -4.67. The van der Waals surface area contributed by atoms with E-state index in [0.29, 0.717) is 16.7 Å². The number of anilines is 1. The lowest BCUT2D eigenvalue weighted by atomic mass is 9.98. The van der Waals surface area contributed by atoms with Crippen LogP contribution in [0.15, 0.2) is 12.1 Å². The molecule has 24 heavy (non-hydrogen) atoms. The first kappa shape index (κ1) is 16.6. The largest absolute Gasteiger partial charge is 0.411 e. The van der Waals surface area contributed by atoms with Gasteiger partial charge < -0.3 is 10.0 Å². The predicted molar refractivity (Wildman–Crippen MR) is 79.5 cm³/mol. The van der Waals surface area contributed by atoms with Crippen molar-refractivity contribution in [3.05, 3.63) is 28.8 Å². The third kappa shape index (κ3) is 2.23. The van der Waals surface area contributed by atoms with Crippen molar-refractivity contribution in [1.82, 2.24) is 4.90 Å². The van der Waals surface area contributed by atoms with Crippen LogP contribution in [0.1, 0.15) is 23.1 Å². The molecule has 0 aliphatic carbocycles. The van der Waals surface area contributed by atoms with Crippen LogP contribution in [-0.4, -0.2) is 46.9 Å². The molecule has 2 amide bonds. The molecule has 1 N–H and O–H groups in total. The van der Waals surface area contributed by atoms with Crippen molar-refractivity contribution in [1.29, 1.82) is 5.26 Å². The van der Waals surface area contributed by atoms with Gasteiger partial charge in [-0.05, 0) is 43.5 Å². The molecule has 2 aliphatic rings. The molecule has 2 heterocycles. The van der Waals surface area contributed by atoms with Gasteiger partial charge in [-0.2, -0.15) is 18.4 Å². The lowest BCUT2D eigenvalue weighted by molar-refractivity contribution is -0.156. The van der Waals surface area contributed by atoms with Crippen molar-refractivity contribution in [3.63, 3.8) is 0 Å². The van der Waals surface area contributed by atoms with Crippen molar-refractivity contribution >= 4 is 11.7 Å². The summed E-state index contributed by atoms with van der Waals surface area (Å²) in [7, 11) is 0. The van der Waals surface area contributed by atoms with E-state index in [1.54, 1.807) is 13.8 Å². The molecular weight excluding hydrogens is 323 g/mol. The van der Waals surface area contributed by atoms with Crippen LogP contribution >= 0.6 is 0 Å². The zero-order valence-electron chi connectivity index (χ0n) is 13.1. The third-order valence-electron chi connectivity index (χ3n) is 4.95. The van der Waals surface area contributed by atoms with E-state index < -0.39 is 30.4 Å². The van der Waals surface area contributed by atoms with Gasteiger partial charge in [-0.3, -0.25) is 4.90 Å². The van der Waals surface area contributed by atoms with Crippen LogP contribution in [0, 0.1) is 25.2 Å². The fraction of sp³-hybridized carbons (Fsp3) is 0.500. The van der Waals surface area contributed by atoms with Crippen LogP contribution in [0.2, 0.25) is 0 Å². The van der Waals surface area contributed by atoms with Gasteiger partial charge in [0.2, 0.25) is 0 Å². The first-order valence-corrected chi connectivity index (χ1v) is 7.53. The SMILES string of the molecule is Cc1c(C#N)ccc(N2C(=O)N3CC[C@H](O)[C@H]3C2C(F)(F)F)c1C. The number of aliphatic hydroxyl groups is 1. The number of carbonyl (C=O) groups is 1. The molecule has 2 saturated heterocycles. The Labute approximate surface area is 136 Å². The molecule has 128 valence electrons. The minimum absolute atomic E-state index is 0.0993. The minimum Gasteiger partial charge on any atom is -0.391 e. The molecule has 0 spiro atoms. The van der Waals surface area contributed by atoms with Crippen LogP contribution in [0.4, 0.5) is 23.7 Å². The van der Waals surface area contributed by atoms with E-state index in [-0.39, 0.29) is 18.7 Å². The van der Waals surface area contributed by atoms with Crippen LogP contribution in [0.3, 0.4) is 0 Å². The molecule has 2 fully saturated rings. The Morgan fingerprint density at radius 2 is 1.96 bits per heavy atom. The maximum atomic E-state index is 13.7. The van der Waals surface area contributed by atoms with Gasteiger partial charge in [0.25, 0.3) is 0 Å². The molecule has 1 aromatic rings. The van der Waals surface area contributed by atoms with Crippen molar-refractivity contribution < 1.29 is 23.1 Å². The van der Waals surface area contributed by atoms with Crippen molar-refractivity contribution in [2.75, 3.05) is 11.4 Å². The maximum absolute atomic E-state index is 13.7. The lowest BCUT2D eigenvalue weighted by Crippen LogP contribution is -2.51. The molecule has 0 radical (unpaired) electrons. The first-order valence-electron chi connectivity index (χ1n) is 7.53. The van der Waals surface area contributed by atoms with E-state index in [1.165, 1.54) is 12.1 Å². The Kier molecular flexibility index (Phi) is 3.72. The number of rotatable bonds is 1. The zero-order valence-corrected chi connectivity index (χ0v) is 13.1. The number of nitriles is 1. The van der Waals surface area contributed by atoms with Crippen LogP contribution in [0.25, 0.3) is 0 Å². The summed E-state index contributed by atoms with van der Waals surface area (Å²) in [6.45, 7) is 3.32. The summed E-state index contributed by atoms with van der Waals surface area (Å²) >= 11 is 0. The summed E-state index contributed by atoms with van der Waals surface area (Å²) < 4.78 is 41.0. The molecule has 1 unspecified atom stereocenters. The van der Waals surface area contributed by atoms with Gasteiger partial charge in [-0.15, -0.1) is 0 Å². The molecule has 5 nitrogen and oxygen atoms in total. The number of carbonyl (C=O) groups excluding carboxylic acids is 1. The van der Waals surface area contributed by atoms with Crippen LogP contribution in [0.5, 0.6) is 0 Å². The lowest BCUT2D eigenvalue weighted by Gasteiger charge is -2.30. The number of halogens is 3. The van der Waals surface area contributed by atoms with Gasteiger partial charge in [-0.1, -0.05) is 0 Å². The van der Waals surface area contributed by atoms with Crippen molar-refractivity contribution in [2.45, 2.75) is 44.6 Å². The first-order chi connectivity index (χ1) is 11.2. The normalized spacial score (nSPS) is 26.7. The second-order valence-electron chi connectivity index (χ2n) is 6.17. The second kappa shape index (κ2) is 5.38. The quantitative estimate of drug-likeness (QED) is 0.855. The summed E-state index contributed by atoms with van der Waals surface area (Å²) in [5, 5.41) is 19.0. The summed E-state index contributed by atoms with van der Waals surface area (Å²) in [5.74, 6) is 0. The Bertz CT molecular complexity index is 741. The van der Waals surface area contributed by atoms with E-state index in [2.05, 4.69) is 0 Å². The van der Waals surface area contributed by atoms with E-state index in [1.807, 2.05) is 6.07 Å². The number of amides is 2. The summed E-state index contributed by atoms with van der Waals surface area (Å²) in [6, 6.07) is 0.600. The van der Waals surface area contributed by atoms with Crippen molar-refractivity contribution in [2.24, 2.45) is 0 Å². The topological polar surface area (TPSA) is 67.6 Å². The maximum Gasteiger partial charge on any atom is 0.411 e. The van der Waals surface area contributed by atoms with Crippen LogP contribution < -0.4 is 4.90 Å². The van der Waals surface area contributed by atoms with E-state index in [0.717, 1.165) is 9.80 Å². The van der Waals surface area contributed by atoms with Gasteiger partial charge in [0.1, 0.15) is 0 Å². The number of hydrogen-bond acceptors (Lipinski definition) is 3. The summed E-state index contributed by atoms with van der Waals surface area (Å²) in [4.78, 5) is 14.4. The number of benzene rings is 1. The fourth-order valence-electron chi connectivity index (χ4n) is 3.59. The third-order valence-corrected chi connectivity index (χ3v) is 4.95. The highest BCUT2D eigenvalue weighted by Gasteiger charge is 2.62. The van der Waals surface area contributed by atoms with Gasteiger partial charge >= 0.3 is 12.2 Å². The molecule has 3 rings (SSSR count). The summed E-state index contributed by atoms with van der Waals surface area (Å²) in [5.41, 5.74) is 1.47. The molecule has 3 atom stereocenters. The average molecular weight is 339 g/mol. The molecule has 0 bridgehead atoms. The predicted octanol–water partition coefficient (Wildman–Crippen LogP) is 2.48. The zero-order chi connectivity index (χ0) is 17.8. The molecule has 2 aliphatic heterocycles. The van der Waals surface area contributed by atoms with Gasteiger partial charge in [0.15, 0.2) is 6.04 Å². The van der Waals surface area contributed by atoms with Gasteiger partial charge in [0.05, 0.1) is 23.8 Å². The molecule has 8 heteroatoms. The standard InChI is InChI=1S/C16H16F3N3O2/c1-8-9(2)11(4-3-10(8)7-20)22-14(16(17,18)19)13-12(23)5-6-21(13)15(22)24/h3-4,12-14,23H,5-6H2,1-2H3/t12-,13-,14?/m0/s1. The number of nitrogens with zero attached hydrogens (tertiary/aromatic N) is 3.